The Morgan fingerprint density at radius 1 is 1.17 bits per heavy atom. The molecule has 1 unspecified atom stereocenters. The van der Waals surface area contributed by atoms with Crippen molar-refractivity contribution in [3.8, 4) is 22.5 Å². The largest absolute Gasteiger partial charge is 0.253 e. The van der Waals surface area contributed by atoms with Crippen LogP contribution < -0.4 is 4.57 Å². The van der Waals surface area contributed by atoms with E-state index >= 15 is 0 Å². The summed E-state index contributed by atoms with van der Waals surface area (Å²) in [4.78, 5) is 4.40. The first kappa shape index (κ1) is 10.4. The molecule has 2 aromatic heterocycles. The van der Waals surface area contributed by atoms with Gasteiger partial charge in [0.15, 0.2) is 6.20 Å². The second kappa shape index (κ2) is 6.96. The minimum Gasteiger partial charge on any atom is -0.253 e. The number of benzene rings is 1. The zero-order chi connectivity index (χ0) is 22.3. The summed E-state index contributed by atoms with van der Waals surface area (Å²) in [5.74, 6) is -2.34. The molecule has 3 aromatic rings. The first-order chi connectivity index (χ1) is 13.9. The van der Waals surface area contributed by atoms with E-state index in [2.05, 4.69) is 24.0 Å². The van der Waals surface area contributed by atoms with Gasteiger partial charge in [0.05, 0.1) is 11.3 Å². The normalized spacial score (nSPS) is 18.3. The Morgan fingerprint density at radius 2 is 2.00 bits per heavy atom. The molecule has 0 radical (unpaired) electrons. The molecule has 0 fully saturated rings. The van der Waals surface area contributed by atoms with Crippen molar-refractivity contribution in [2.45, 2.75) is 27.1 Å². The predicted octanol–water partition coefficient (Wildman–Crippen LogP) is 4.75. The van der Waals surface area contributed by atoms with Gasteiger partial charge in [-0.1, -0.05) is 38.0 Å². The standard InChI is InChI=1S/C22H25N2/c1-16(2)14-19-9-7-11-21(23-19)18-12-13-22(24(4)15-18)20-10-6-5-8-17(20)3/h5-13,15-16H,14H2,1-4H3/q+1/i1D3,14D2,16D. The van der Waals surface area contributed by atoms with Gasteiger partial charge in [-0.25, -0.2) is 4.57 Å². The summed E-state index contributed by atoms with van der Waals surface area (Å²) < 4.78 is 49.6. The maximum atomic E-state index is 8.35. The molecule has 3 rings (SSSR count). The lowest BCUT2D eigenvalue weighted by atomic mass is 10.0. The van der Waals surface area contributed by atoms with Crippen LogP contribution >= 0.6 is 0 Å². The molecule has 2 heterocycles. The Balaban J connectivity index is 2.03. The molecule has 0 saturated heterocycles. The van der Waals surface area contributed by atoms with Crippen LogP contribution in [0.25, 0.3) is 22.5 Å². The van der Waals surface area contributed by atoms with Crippen molar-refractivity contribution in [2.75, 3.05) is 0 Å². The molecule has 0 aliphatic heterocycles. The fourth-order valence-electron chi connectivity index (χ4n) is 2.76. The molecule has 24 heavy (non-hydrogen) atoms. The third-order valence-corrected chi connectivity index (χ3v) is 3.91. The molecule has 0 amide bonds. The van der Waals surface area contributed by atoms with E-state index in [1.165, 1.54) is 6.07 Å². The molecule has 2 nitrogen and oxygen atoms in total. The quantitative estimate of drug-likeness (QED) is 0.633. The van der Waals surface area contributed by atoms with Crippen molar-refractivity contribution in [3.63, 3.8) is 0 Å². The smallest absolute Gasteiger partial charge is 0.212 e. The van der Waals surface area contributed by atoms with Crippen molar-refractivity contribution in [1.82, 2.24) is 4.98 Å². The lowest BCUT2D eigenvalue weighted by Gasteiger charge is -2.08. The second-order valence-electron chi connectivity index (χ2n) is 5.89. The van der Waals surface area contributed by atoms with E-state index in [0.29, 0.717) is 5.69 Å². The lowest BCUT2D eigenvalue weighted by molar-refractivity contribution is -0.659. The summed E-state index contributed by atoms with van der Waals surface area (Å²) in [5, 5.41) is 0. The van der Waals surface area contributed by atoms with E-state index < -0.39 is 19.1 Å². The molecule has 2 heteroatoms. The Bertz CT molecular complexity index is 1070. The highest BCUT2D eigenvalue weighted by atomic mass is 14.9. The summed E-state index contributed by atoms with van der Waals surface area (Å²) in [5.41, 5.74) is 4.53. The topological polar surface area (TPSA) is 16.8 Å². The monoisotopic (exact) mass is 323 g/mol. The molecule has 122 valence electrons. The van der Waals surface area contributed by atoms with Crippen LogP contribution in [0.1, 0.15) is 33.3 Å². The van der Waals surface area contributed by atoms with Gasteiger partial charge in [-0.15, -0.1) is 0 Å². The summed E-state index contributed by atoms with van der Waals surface area (Å²) in [6.07, 6.45) is -0.551. The summed E-state index contributed by atoms with van der Waals surface area (Å²) in [6.45, 7) is 0.348. The molecule has 1 atom stereocenters. The van der Waals surface area contributed by atoms with Gasteiger partial charge in [0.1, 0.15) is 7.05 Å². The molecule has 0 bridgehead atoms. The first-order valence-corrected chi connectivity index (χ1v) is 7.90. The number of hydrogen-bond acceptors (Lipinski definition) is 1. The lowest BCUT2D eigenvalue weighted by Crippen LogP contribution is -2.30. The number of aromatic nitrogens is 2. The number of nitrogens with zero attached hydrogens (tertiary/aromatic N) is 2. The van der Waals surface area contributed by atoms with Crippen LogP contribution in [0.3, 0.4) is 0 Å². The zero-order valence-corrected chi connectivity index (χ0v) is 14.2. The van der Waals surface area contributed by atoms with Gasteiger partial charge in [-0.3, -0.25) is 4.98 Å². The van der Waals surface area contributed by atoms with Gasteiger partial charge in [-0.05, 0) is 49.0 Å². The van der Waals surface area contributed by atoms with Gasteiger partial charge in [0.25, 0.3) is 0 Å². The maximum absolute atomic E-state index is 8.35. The van der Waals surface area contributed by atoms with Crippen molar-refractivity contribution in [3.05, 3.63) is 72.1 Å². The summed E-state index contributed by atoms with van der Waals surface area (Å²) in [7, 11) is 1.93. The Labute approximate surface area is 153 Å². The zero-order valence-electron chi connectivity index (χ0n) is 20.2. The Kier molecular flexibility index (Phi) is 3.01. The van der Waals surface area contributed by atoms with Crippen LogP contribution in [0.2, 0.25) is 0 Å². The van der Waals surface area contributed by atoms with Crippen LogP contribution in [-0.2, 0) is 13.4 Å². The number of rotatable bonds is 4. The van der Waals surface area contributed by atoms with Crippen molar-refractivity contribution in [2.24, 2.45) is 12.9 Å². The van der Waals surface area contributed by atoms with Crippen LogP contribution in [0, 0.1) is 12.8 Å². The predicted molar refractivity (Wildman–Crippen MR) is 99.6 cm³/mol. The van der Waals surface area contributed by atoms with E-state index in [4.69, 9.17) is 8.22 Å². The Morgan fingerprint density at radius 3 is 2.75 bits per heavy atom. The second-order valence-corrected chi connectivity index (χ2v) is 5.89. The average Bonchev–Trinajstić information content (AvgIpc) is 2.68. The molecule has 0 spiro atoms. The molecule has 0 saturated carbocycles. The average molecular weight is 323 g/mol. The van der Waals surface area contributed by atoms with Crippen molar-refractivity contribution in [1.29, 1.82) is 0 Å². The van der Waals surface area contributed by atoms with Crippen LogP contribution in [-0.4, -0.2) is 4.98 Å². The van der Waals surface area contributed by atoms with Gasteiger partial charge < -0.3 is 0 Å². The minimum atomic E-state index is -2.80. The maximum Gasteiger partial charge on any atom is 0.212 e. The highest BCUT2D eigenvalue weighted by Gasteiger charge is 2.14. The van der Waals surface area contributed by atoms with E-state index in [1.54, 1.807) is 12.1 Å². The third-order valence-electron chi connectivity index (χ3n) is 3.91. The molecular weight excluding hydrogens is 292 g/mol. The van der Waals surface area contributed by atoms with Crippen LogP contribution in [0.4, 0.5) is 0 Å². The van der Waals surface area contributed by atoms with Crippen LogP contribution in [0.5, 0.6) is 0 Å². The van der Waals surface area contributed by atoms with Gasteiger partial charge in [0.2, 0.25) is 5.69 Å². The van der Waals surface area contributed by atoms with E-state index in [9.17, 15) is 0 Å². The van der Waals surface area contributed by atoms with E-state index in [1.807, 2.05) is 42.1 Å². The Hall–Kier alpha value is -2.48. The van der Waals surface area contributed by atoms with Crippen molar-refractivity contribution < 1.29 is 12.8 Å². The summed E-state index contributed by atoms with van der Waals surface area (Å²) in [6, 6.07) is 16.8. The molecule has 0 aliphatic rings. The number of hydrogen-bond donors (Lipinski definition) is 0. The van der Waals surface area contributed by atoms with Crippen molar-refractivity contribution >= 4 is 0 Å². The third kappa shape index (κ3) is 3.53. The highest BCUT2D eigenvalue weighted by molar-refractivity contribution is 5.64. The van der Waals surface area contributed by atoms with Gasteiger partial charge >= 0.3 is 0 Å². The number of aryl methyl sites for hydroxylation is 2. The fourth-order valence-corrected chi connectivity index (χ4v) is 2.76. The van der Waals surface area contributed by atoms with E-state index in [-0.39, 0.29) is 5.69 Å². The molecule has 0 N–H and O–H groups in total. The molecule has 1 aromatic carbocycles. The first-order valence-electron chi connectivity index (χ1n) is 10.9. The van der Waals surface area contributed by atoms with Gasteiger partial charge in [0, 0.05) is 25.5 Å². The van der Waals surface area contributed by atoms with Gasteiger partial charge in [-0.2, -0.15) is 0 Å². The molecular formula is C22H25N2+. The summed E-state index contributed by atoms with van der Waals surface area (Å²) >= 11 is 0. The van der Waals surface area contributed by atoms with E-state index in [0.717, 1.165) is 29.3 Å². The molecule has 0 aliphatic carbocycles. The number of pyridine rings is 2. The van der Waals surface area contributed by atoms with Crippen LogP contribution in [0.15, 0.2) is 60.8 Å². The minimum absolute atomic E-state index is 0.0701. The highest BCUT2D eigenvalue weighted by Crippen LogP contribution is 2.23. The SMILES string of the molecule is [2H]C([2H])([2H])C([2H])(C)C([2H])([2H])c1cccc(-c2ccc(-c3ccccc3C)[n+](C)c2)n1. The fraction of sp³-hybridized carbons (Fsp3) is 0.273.